The lowest BCUT2D eigenvalue weighted by Gasteiger charge is -2.16. The molecule has 0 spiro atoms. The Morgan fingerprint density at radius 2 is 0.909 bits per heavy atom. The fraction of sp³-hybridized carbons (Fsp3) is 0.172. The van der Waals surface area contributed by atoms with Crippen molar-refractivity contribution in [1.82, 2.24) is 0 Å². The largest absolute Gasteiger partial charge is 0.497 e. The molecule has 0 bridgehead atoms. The average molecular weight is 441 g/mol. The lowest BCUT2D eigenvalue weighted by molar-refractivity contribution is 0.121. The second-order valence-electron chi connectivity index (χ2n) is 7.86. The minimum Gasteiger partial charge on any atom is -0.497 e. The summed E-state index contributed by atoms with van der Waals surface area (Å²) >= 11 is 0. The van der Waals surface area contributed by atoms with Crippen molar-refractivity contribution in [2.24, 2.45) is 0 Å². The monoisotopic (exact) mass is 440 g/mol. The summed E-state index contributed by atoms with van der Waals surface area (Å²) in [5.41, 5.74) is 6.37. The molecule has 0 fully saturated rings. The Labute approximate surface area is 195 Å². The molecule has 4 heteroatoms. The van der Waals surface area contributed by atoms with E-state index < -0.39 is 0 Å². The standard InChI is InChI=1S/C29H28O4/c1-20-5-15-26(22-7-11-24(30-3)12-8-22)28(17-20)32-19-33-29-18-21(2)6-16-27(29)23-9-13-25(31-4)14-10-23/h5-18H,19H2,1-4H3. The van der Waals surface area contributed by atoms with Gasteiger partial charge in [0.1, 0.15) is 23.0 Å². The summed E-state index contributed by atoms with van der Waals surface area (Å²) < 4.78 is 22.8. The first kappa shape index (κ1) is 22.3. The molecule has 0 aliphatic heterocycles. The quantitative estimate of drug-likeness (QED) is 0.275. The summed E-state index contributed by atoms with van der Waals surface area (Å²) in [6.07, 6.45) is 0. The third kappa shape index (κ3) is 5.29. The van der Waals surface area contributed by atoms with Gasteiger partial charge in [-0.05, 0) is 72.5 Å². The van der Waals surface area contributed by atoms with Gasteiger partial charge in [0.25, 0.3) is 0 Å². The van der Waals surface area contributed by atoms with Gasteiger partial charge in [-0.25, -0.2) is 0 Å². The lowest BCUT2D eigenvalue weighted by atomic mass is 10.0. The van der Waals surface area contributed by atoms with Crippen molar-refractivity contribution in [1.29, 1.82) is 0 Å². The first-order chi connectivity index (χ1) is 16.1. The van der Waals surface area contributed by atoms with Crippen LogP contribution in [0.5, 0.6) is 23.0 Å². The maximum absolute atomic E-state index is 6.13. The molecular weight excluding hydrogens is 412 g/mol. The number of benzene rings is 4. The van der Waals surface area contributed by atoms with Crippen LogP contribution in [0.1, 0.15) is 11.1 Å². The fourth-order valence-electron chi connectivity index (χ4n) is 3.67. The van der Waals surface area contributed by atoms with Crippen LogP contribution < -0.4 is 18.9 Å². The molecule has 0 radical (unpaired) electrons. The zero-order valence-corrected chi connectivity index (χ0v) is 19.4. The Balaban J connectivity index is 1.55. The highest BCUT2D eigenvalue weighted by Crippen LogP contribution is 2.34. The first-order valence-corrected chi connectivity index (χ1v) is 10.8. The van der Waals surface area contributed by atoms with Crippen molar-refractivity contribution in [3.05, 3.63) is 96.1 Å². The topological polar surface area (TPSA) is 36.9 Å². The van der Waals surface area contributed by atoms with E-state index in [-0.39, 0.29) is 6.79 Å². The van der Waals surface area contributed by atoms with Gasteiger partial charge >= 0.3 is 0 Å². The van der Waals surface area contributed by atoms with Crippen LogP contribution in [0.2, 0.25) is 0 Å². The summed E-state index contributed by atoms with van der Waals surface area (Å²) in [5.74, 6) is 3.20. The predicted octanol–water partition coefficient (Wildman–Crippen LogP) is 7.07. The molecular formula is C29H28O4. The molecule has 0 saturated heterocycles. The smallest absolute Gasteiger partial charge is 0.230 e. The molecule has 0 aliphatic carbocycles. The zero-order valence-electron chi connectivity index (χ0n) is 19.4. The van der Waals surface area contributed by atoms with Gasteiger partial charge in [-0.3, -0.25) is 0 Å². The van der Waals surface area contributed by atoms with E-state index in [4.69, 9.17) is 18.9 Å². The molecule has 0 aliphatic rings. The number of ether oxygens (including phenoxy) is 4. The first-order valence-electron chi connectivity index (χ1n) is 10.8. The molecule has 4 aromatic rings. The van der Waals surface area contributed by atoms with Crippen LogP contribution in [-0.4, -0.2) is 21.0 Å². The summed E-state index contributed by atoms with van der Waals surface area (Å²) in [5, 5.41) is 0. The fourth-order valence-corrected chi connectivity index (χ4v) is 3.67. The Morgan fingerprint density at radius 1 is 0.515 bits per heavy atom. The lowest BCUT2D eigenvalue weighted by Crippen LogP contribution is -2.07. The van der Waals surface area contributed by atoms with E-state index in [9.17, 15) is 0 Å². The number of methoxy groups -OCH3 is 2. The van der Waals surface area contributed by atoms with Crippen LogP contribution in [0.15, 0.2) is 84.9 Å². The molecule has 4 aromatic carbocycles. The van der Waals surface area contributed by atoms with Crippen molar-refractivity contribution in [2.45, 2.75) is 13.8 Å². The Hall–Kier alpha value is -3.92. The van der Waals surface area contributed by atoms with Crippen LogP contribution in [0.4, 0.5) is 0 Å². The van der Waals surface area contributed by atoms with E-state index in [2.05, 4.69) is 24.3 Å². The van der Waals surface area contributed by atoms with E-state index in [0.29, 0.717) is 0 Å². The van der Waals surface area contributed by atoms with Gasteiger partial charge in [-0.15, -0.1) is 0 Å². The molecule has 33 heavy (non-hydrogen) atoms. The molecule has 168 valence electrons. The van der Waals surface area contributed by atoms with E-state index in [1.165, 1.54) is 0 Å². The Morgan fingerprint density at radius 3 is 1.27 bits per heavy atom. The van der Waals surface area contributed by atoms with Crippen molar-refractivity contribution >= 4 is 0 Å². The van der Waals surface area contributed by atoms with Crippen molar-refractivity contribution in [2.75, 3.05) is 21.0 Å². The predicted molar refractivity (Wildman–Crippen MR) is 132 cm³/mol. The molecule has 0 atom stereocenters. The number of aryl methyl sites for hydroxylation is 2. The zero-order chi connectivity index (χ0) is 23.2. The Kier molecular flexibility index (Phi) is 6.84. The van der Waals surface area contributed by atoms with Crippen LogP contribution >= 0.6 is 0 Å². The number of hydrogen-bond donors (Lipinski definition) is 0. The Bertz CT molecular complexity index is 1110. The van der Waals surface area contributed by atoms with E-state index in [1.807, 2.05) is 74.5 Å². The van der Waals surface area contributed by atoms with Crippen molar-refractivity contribution in [3.63, 3.8) is 0 Å². The number of rotatable bonds is 8. The molecule has 0 N–H and O–H groups in total. The molecule has 0 heterocycles. The highest BCUT2D eigenvalue weighted by Gasteiger charge is 2.11. The van der Waals surface area contributed by atoms with E-state index in [1.54, 1.807) is 14.2 Å². The molecule has 0 unspecified atom stereocenters. The van der Waals surface area contributed by atoms with Crippen molar-refractivity contribution in [3.8, 4) is 45.3 Å². The third-order valence-corrected chi connectivity index (χ3v) is 5.51. The van der Waals surface area contributed by atoms with Gasteiger partial charge < -0.3 is 18.9 Å². The third-order valence-electron chi connectivity index (χ3n) is 5.51. The SMILES string of the molecule is COc1ccc(-c2ccc(C)cc2OCOc2cc(C)ccc2-c2ccc(OC)cc2)cc1. The highest BCUT2D eigenvalue weighted by molar-refractivity contribution is 5.72. The highest BCUT2D eigenvalue weighted by atomic mass is 16.7. The van der Waals surface area contributed by atoms with Gasteiger partial charge in [0.05, 0.1) is 14.2 Å². The van der Waals surface area contributed by atoms with Crippen LogP contribution in [0.3, 0.4) is 0 Å². The van der Waals surface area contributed by atoms with Crippen LogP contribution in [-0.2, 0) is 0 Å². The molecule has 4 nitrogen and oxygen atoms in total. The van der Waals surface area contributed by atoms with Gasteiger partial charge in [-0.1, -0.05) is 48.5 Å². The summed E-state index contributed by atoms with van der Waals surface area (Å²) in [7, 11) is 3.33. The van der Waals surface area contributed by atoms with Crippen molar-refractivity contribution < 1.29 is 18.9 Å². The van der Waals surface area contributed by atoms with Crippen LogP contribution in [0.25, 0.3) is 22.3 Å². The van der Waals surface area contributed by atoms with Gasteiger partial charge in [-0.2, -0.15) is 0 Å². The second-order valence-corrected chi connectivity index (χ2v) is 7.86. The normalized spacial score (nSPS) is 10.5. The summed E-state index contributed by atoms with van der Waals surface area (Å²) in [6.45, 7) is 4.20. The molecule has 4 rings (SSSR count). The van der Waals surface area contributed by atoms with Gasteiger partial charge in [0, 0.05) is 11.1 Å². The number of hydrogen-bond acceptors (Lipinski definition) is 4. The minimum absolute atomic E-state index is 0.0964. The van der Waals surface area contributed by atoms with Gasteiger partial charge in [0.2, 0.25) is 6.79 Å². The van der Waals surface area contributed by atoms with E-state index >= 15 is 0 Å². The van der Waals surface area contributed by atoms with Crippen LogP contribution in [0, 0.1) is 13.8 Å². The maximum Gasteiger partial charge on any atom is 0.230 e. The molecule has 0 saturated carbocycles. The van der Waals surface area contributed by atoms with E-state index in [0.717, 1.165) is 56.4 Å². The molecule has 0 amide bonds. The average Bonchev–Trinajstić information content (AvgIpc) is 2.84. The summed E-state index contributed by atoms with van der Waals surface area (Å²) in [6, 6.07) is 28.3. The second kappa shape index (κ2) is 10.1. The summed E-state index contributed by atoms with van der Waals surface area (Å²) in [4.78, 5) is 0. The molecule has 0 aromatic heterocycles. The van der Waals surface area contributed by atoms with Gasteiger partial charge in [0.15, 0.2) is 0 Å². The minimum atomic E-state index is 0.0964. The maximum atomic E-state index is 6.13.